The molecule has 0 N–H and O–H groups in total. The van der Waals surface area contributed by atoms with E-state index < -0.39 is 21.2 Å². The summed E-state index contributed by atoms with van der Waals surface area (Å²) in [5.41, 5.74) is 0.534. The maximum atomic E-state index is 13.7. The molecule has 4 rings (SSSR count). The van der Waals surface area contributed by atoms with Gasteiger partial charge in [-0.3, -0.25) is 0 Å². The minimum Gasteiger partial charge on any atom is -0.481 e. The molecule has 1 saturated heterocycles. The van der Waals surface area contributed by atoms with Gasteiger partial charge in [0.2, 0.25) is 5.88 Å². The third kappa shape index (κ3) is 6.14. The van der Waals surface area contributed by atoms with Crippen LogP contribution in [0.15, 0.2) is 30.6 Å². The smallest absolute Gasteiger partial charge is 0.213 e. The Hall–Kier alpha value is -2.67. The van der Waals surface area contributed by atoms with Crippen LogP contribution in [0.2, 0.25) is 5.02 Å². The minimum atomic E-state index is -3.81. The highest BCUT2D eigenvalue weighted by atomic mass is 35.5. The van der Waals surface area contributed by atoms with Crippen LogP contribution in [0, 0.1) is 0 Å². The summed E-state index contributed by atoms with van der Waals surface area (Å²) in [6.07, 6.45) is 5.44. The number of ether oxygens (including phenoxy) is 3. The Bertz CT molecular complexity index is 1310. The predicted octanol–water partition coefficient (Wildman–Crippen LogP) is 4.00. The van der Waals surface area contributed by atoms with E-state index in [-0.39, 0.29) is 23.7 Å². The summed E-state index contributed by atoms with van der Waals surface area (Å²) in [6, 6.07) is 5.18. The Labute approximate surface area is 227 Å². The fourth-order valence-electron chi connectivity index (χ4n) is 4.75. The maximum absolute atomic E-state index is 13.7. The summed E-state index contributed by atoms with van der Waals surface area (Å²) in [5.74, 6) is 1.07. The van der Waals surface area contributed by atoms with Crippen LogP contribution < -0.4 is 4.74 Å². The van der Waals surface area contributed by atoms with Crippen molar-refractivity contribution in [2.75, 3.05) is 20.8 Å². The van der Waals surface area contributed by atoms with Gasteiger partial charge < -0.3 is 18.8 Å². The first-order valence-electron chi connectivity index (χ1n) is 12.6. The van der Waals surface area contributed by atoms with Crippen molar-refractivity contribution >= 4 is 21.4 Å². The summed E-state index contributed by atoms with van der Waals surface area (Å²) in [4.78, 5) is 12.9. The number of nitrogens with zero attached hydrogens (tertiary/aromatic N) is 6. The Morgan fingerprint density at radius 3 is 2.58 bits per heavy atom. The number of methoxy groups -OCH3 is 2. The van der Waals surface area contributed by atoms with Crippen LogP contribution in [0.4, 0.5) is 0 Å². The summed E-state index contributed by atoms with van der Waals surface area (Å²) in [6.45, 7) is 4.29. The molecule has 4 atom stereocenters. The van der Waals surface area contributed by atoms with Crippen LogP contribution in [0.3, 0.4) is 0 Å². The second-order valence-electron chi connectivity index (χ2n) is 9.18. The molecule has 1 aliphatic heterocycles. The maximum Gasteiger partial charge on any atom is 0.213 e. The van der Waals surface area contributed by atoms with E-state index in [1.165, 1.54) is 26.6 Å². The molecule has 4 heterocycles. The van der Waals surface area contributed by atoms with Crippen molar-refractivity contribution in [3.8, 4) is 17.4 Å². The molecule has 0 aromatic carbocycles. The first-order valence-corrected chi connectivity index (χ1v) is 14.7. The van der Waals surface area contributed by atoms with Crippen molar-refractivity contribution in [1.82, 2.24) is 29.7 Å². The molecule has 0 amide bonds. The molecule has 206 valence electrons. The number of pyridine rings is 1. The zero-order valence-corrected chi connectivity index (χ0v) is 23.5. The molecule has 0 radical (unpaired) electrons. The molecule has 0 spiro atoms. The average Bonchev–Trinajstić information content (AvgIpc) is 3.33. The molecule has 38 heavy (non-hydrogen) atoms. The fourth-order valence-corrected chi connectivity index (χ4v) is 6.28. The summed E-state index contributed by atoms with van der Waals surface area (Å²) < 4.78 is 46.3. The largest absolute Gasteiger partial charge is 0.481 e. The van der Waals surface area contributed by atoms with Crippen LogP contribution in [0.5, 0.6) is 5.88 Å². The van der Waals surface area contributed by atoms with Crippen LogP contribution in [-0.4, -0.2) is 70.3 Å². The van der Waals surface area contributed by atoms with Gasteiger partial charge in [0.1, 0.15) is 23.4 Å². The standard InChI is InChI=1S/C25H33ClN6O5S/c1-5-19(20-10-6-7-12-37-20)32-21(30-31-25(32)18-9-8-11-22(29-18)35-3)15-38(33,34)16(2)23(36-4)24-27-13-17(26)14-28-24/h8-9,11,13-14,16,19-20,23H,5-7,10,12,15H2,1-4H3/t16-,19+,20+,23-/m0/s1. The highest BCUT2D eigenvalue weighted by molar-refractivity contribution is 7.91. The van der Waals surface area contributed by atoms with E-state index in [1.807, 2.05) is 17.6 Å². The topological polar surface area (TPSA) is 131 Å². The molecular formula is C25H33ClN6O5S. The van der Waals surface area contributed by atoms with Crippen LogP contribution in [0.25, 0.3) is 11.5 Å². The third-order valence-corrected chi connectivity index (χ3v) is 9.03. The van der Waals surface area contributed by atoms with Gasteiger partial charge in [-0.05, 0) is 38.7 Å². The van der Waals surface area contributed by atoms with Gasteiger partial charge in [-0.25, -0.2) is 23.4 Å². The second-order valence-corrected chi connectivity index (χ2v) is 12.0. The average molecular weight is 565 g/mol. The Balaban J connectivity index is 1.73. The normalized spacial score (nSPS) is 18.6. The first kappa shape index (κ1) is 28.3. The monoisotopic (exact) mass is 564 g/mol. The number of sulfone groups is 1. The SMILES string of the molecule is CC[C@H]([C@H]1CCCCO1)n1c(CS(=O)(=O)[C@@H](C)[C@H](OC)c2ncc(Cl)cn2)nnc1-c1cccc(OC)n1. The quantitative estimate of drug-likeness (QED) is 0.336. The number of hydrogen-bond acceptors (Lipinski definition) is 10. The molecule has 0 aliphatic carbocycles. The molecule has 1 fully saturated rings. The lowest BCUT2D eigenvalue weighted by atomic mass is 9.99. The van der Waals surface area contributed by atoms with E-state index in [4.69, 9.17) is 25.8 Å². The molecule has 3 aromatic rings. The van der Waals surface area contributed by atoms with E-state index in [0.717, 1.165) is 19.3 Å². The minimum absolute atomic E-state index is 0.0952. The van der Waals surface area contributed by atoms with Crippen LogP contribution >= 0.6 is 11.6 Å². The highest BCUT2D eigenvalue weighted by Gasteiger charge is 2.36. The molecule has 0 bridgehead atoms. The lowest BCUT2D eigenvalue weighted by Gasteiger charge is -2.32. The summed E-state index contributed by atoms with van der Waals surface area (Å²) >= 11 is 5.91. The van der Waals surface area contributed by atoms with Crippen molar-refractivity contribution in [1.29, 1.82) is 0 Å². The molecule has 0 saturated carbocycles. The van der Waals surface area contributed by atoms with Crippen molar-refractivity contribution in [2.24, 2.45) is 0 Å². The highest BCUT2D eigenvalue weighted by Crippen LogP contribution is 2.33. The summed E-state index contributed by atoms with van der Waals surface area (Å²) in [5, 5.41) is 8.14. The van der Waals surface area contributed by atoms with E-state index >= 15 is 0 Å². The third-order valence-electron chi connectivity index (χ3n) is 6.79. The number of aromatic nitrogens is 6. The van der Waals surface area contributed by atoms with Gasteiger partial charge in [-0.15, -0.1) is 10.2 Å². The van der Waals surface area contributed by atoms with Gasteiger partial charge >= 0.3 is 0 Å². The molecular weight excluding hydrogens is 532 g/mol. The molecule has 13 heteroatoms. The summed E-state index contributed by atoms with van der Waals surface area (Å²) in [7, 11) is -0.840. The van der Waals surface area contributed by atoms with Gasteiger partial charge in [0.15, 0.2) is 21.5 Å². The van der Waals surface area contributed by atoms with Gasteiger partial charge in [-0.1, -0.05) is 24.6 Å². The van der Waals surface area contributed by atoms with E-state index in [1.54, 1.807) is 19.1 Å². The number of halogens is 1. The second kappa shape index (κ2) is 12.5. The van der Waals surface area contributed by atoms with Crippen LogP contribution in [0.1, 0.15) is 63.3 Å². The zero-order chi connectivity index (χ0) is 27.3. The lowest BCUT2D eigenvalue weighted by Crippen LogP contribution is -2.33. The number of rotatable bonds is 11. The first-order chi connectivity index (χ1) is 18.3. The Morgan fingerprint density at radius 2 is 1.95 bits per heavy atom. The van der Waals surface area contributed by atoms with Crippen molar-refractivity contribution in [2.45, 2.75) is 68.8 Å². The molecule has 11 nitrogen and oxygen atoms in total. The fraction of sp³-hybridized carbons (Fsp3) is 0.560. The van der Waals surface area contributed by atoms with Crippen molar-refractivity contribution in [3.63, 3.8) is 0 Å². The van der Waals surface area contributed by atoms with Crippen molar-refractivity contribution in [3.05, 3.63) is 47.3 Å². The van der Waals surface area contributed by atoms with Crippen LogP contribution in [-0.2, 0) is 25.1 Å². The predicted molar refractivity (Wildman–Crippen MR) is 142 cm³/mol. The van der Waals surface area contributed by atoms with E-state index in [9.17, 15) is 8.42 Å². The van der Waals surface area contributed by atoms with Gasteiger partial charge in [0.05, 0.1) is 29.5 Å². The van der Waals surface area contributed by atoms with Gasteiger partial charge in [0, 0.05) is 32.2 Å². The molecule has 1 aliphatic rings. The molecule has 0 unspecified atom stereocenters. The zero-order valence-electron chi connectivity index (χ0n) is 21.9. The number of hydrogen-bond donors (Lipinski definition) is 0. The van der Waals surface area contributed by atoms with E-state index in [0.29, 0.717) is 41.3 Å². The van der Waals surface area contributed by atoms with Gasteiger partial charge in [0.25, 0.3) is 0 Å². The van der Waals surface area contributed by atoms with Gasteiger partial charge in [-0.2, -0.15) is 0 Å². The van der Waals surface area contributed by atoms with E-state index in [2.05, 4.69) is 25.1 Å². The molecule has 3 aromatic heterocycles. The lowest BCUT2D eigenvalue weighted by molar-refractivity contribution is -0.0179. The van der Waals surface area contributed by atoms with Crippen molar-refractivity contribution < 1.29 is 22.6 Å². The Morgan fingerprint density at radius 1 is 1.18 bits per heavy atom. The Kier molecular flexibility index (Phi) is 9.29.